The molecule has 31 heavy (non-hydrogen) atoms. The van der Waals surface area contributed by atoms with Crippen LogP contribution in [0.15, 0.2) is 41.9 Å². The lowest BCUT2D eigenvalue weighted by Crippen LogP contribution is -2.44. The fourth-order valence-electron chi connectivity index (χ4n) is 4.46. The number of nitrogens with zero attached hydrogens (tertiary/aromatic N) is 3. The number of rotatable bonds is 4. The van der Waals surface area contributed by atoms with E-state index in [2.05, 4.69) is 10.3 Å². The van der Waals surface area contributed by atoms with Crippen LogP contribution in [-0.4, -0.2) is 46.4 Å². The van der Waals surface area contributed by atoms with E-state index in [0.29, 0.717) is 36.1 Å². The van der Waals surface area contributed by atoms with E-state index < -0.39 is 0 Å². The molecule has 3 heterocycles. The number of para-hydroxylation sites is 1. The highest BCUT2D eigenvalue weighted by atomic mass is 32.1. The number of thiazole rings is 1. The second-order valence-electron chi connectivity index (χ2n) is 8.03. The van der Waals surface area contributed by atoms with Gasteiger partial charge in [0.25, 0.3) is 5.91 Å². The zero-order valence-corrected chi connectivity index (χ0v) is 17.9. The van der Waals surface area contributed by atoms with Crippen molar-refractivity contribution in [2.45, 2.75) is 31.8 Å². The van der Waals surface area contributed by atoms with Gasteiger partial charge in [0.05, 0.1) is 29.9 Å². The van der Waals surface area contributed by atoms with E-state index in [1.54, 1.807) is 12.3 Å². The highest BCUT2D eigenvalue weighted by Crippen LogP contribution is 2.30. The summed E-state index contributed by atoms with van der Waals surface area (Å²) in [6.45, 7) is 1.54. The van der Waals surface area contributed by atoms with Crippen molar-refractivity contribution in [1.82, 2.24) is 14.9 Å². The van der Waals surface area contributed by atoms with Crippen LogP contribution >= 0.6 is 11.3 Å². The van der Waals surface area contributed by atoms with Crippen molar-refractivity contribution in [3.8, 4) is 0 Å². The number of hydrogen-bond donors (Lipinski definition) is 1. The van der Waals surface area contributed by atoms with Crippen LogP contribution in [0.3, 0.4) is 0 Å². The van der Waals surface area contributed by atoms with Crippen molar-refractivity contribution >= 4 is 39.2 Å². The monoisotopic (exact) mass is 436 g/mol. The lowest BCUT2D eigenvalue weighted by atomic mass is 10.0. The minimum atomic E-state index is -0.352. The van der Waals surface area contributed by atoms with Crippen molar-refractivity contribution in [3.63, 3.8) is 0 Å². The predicted octanol–water partition coefficient (Wildman–Crippen LogP) is 4.03. The van der Waals surface area contributed by atoms with Gasteiger partial charge in [-0.1, -0.05) is 31.0 Å². The van der Waals surface area contributed by atoms with E-state index in [1.807, 2.05) is 34.5 Å². The van der Waals surface area contributed by atoms with Gasteiger partial charge in [-0.05, 0) is 25.0 Å². The number of carbonyl (C=O) groups excluding carboxylic acids is 2. The van der Waals surface area contributed by atoms with E-state index in [9.17, 15) is 9.59 Å². The second-order valence-corrected chi connectivity index (χ2v) is 8.92. The molecule has 1 aromatic carbocycles. The van der Waals surface area contributed by atoms with Gasteiger partial charge in [-0.15, -0.1) is 11.3 Å². The molecule has 5 rings (SSSR count). The topological polar surface area (TPSA) is 84.4 Å². The molecule has 0 radical (unpaired) electrons. The minimum Gasteiger partial charge on any atom is -0.368 e. The molecule has 7 nitrogen and oxygen atoms in total. The Hall–Kier alpha value is -2.84. The zero-order chi connectivity index (χ0) is 21.2. The Kier molecular flexibility index (Phi) is 5.65. The molecule has 0 bridgehead atoms. The molecule has 1 saturated heterocycles. The van der Waals surface area contributed by atoms with Gasteiger partial charge in [-0.2, -0.15) is 0 Å². The standard InChI is InChI=1S/C23H24N4O3S/c28-21(26-23-24-9-12-31-23)17-13-19(25-18-8-4-3-7-16(17)18)20-14-27(10-11-30-20)22(29)15-5-1-2-6-15/h3-4,7-9,12-13,15,20H,1-2,5-6,10-11,14H2,(H,24,26,28)/t20-/m1/s1. The number of carbonyl (C=O) groups is 2. The first-order valence-corrected chi connectivity index (χ1v) is 11.6. The molecular formula is C23H24N4O3S. The molecule has 1 N–H and O–H groups in total. The number of fused-ring (bicyclic) bond motifs is 1. The maximum Gasteiger partial charge on any atom is 0.258 e. The first-order valence-electron chi connectivity index (χ1n) is 10.7. The Balaban J connectivity index is 1.44. The Labute approximate surface area is 184 Å². The van der Waals surface area contributed by atoms with Crippen molar-refractivity contribution in [2.24, 2.45) is 5.92 Å². The third-order valence-corrected chi connectivity index (χ3v) is 6.73. The van der Waals surface area contributed by atoms with Gasteiger partial charge in [0, 0.05) is 29.4 Å². The number of benzene rings is 1. The molecule has 1 saturated carbocycles. The molecule has 1 atom stereocenters. The lowest BCUT2D eigenvalue weighted by molar-refractivity contribution is -0.143. The van der Waals surface area contributed by atoms with Gasteiger partial charge in [0.1, 0.15) is 6.10 Å². The van der Waals surface area contributed by atoms with Crippen molar-refractivity contribution < 1.29 is 14.3 Å². The SMILES string of the molecule is O=C(Nc1nccs1)c1cc([C@H]2CN(C(=O)C3CCCC3)CCO2)nc2ccccc12. The van der Waals surface area contributed by atoms with Gasteiger partial charge >= 0.3 is 0 Å². The Bertz CT molecular complexity index is 1100. The maximum absolute atomic E-state index is 13.0. The first kappa shape index (κ1) is 20.1. The Morgan fingerprint density at radius 3 is 2.84 bits per heavy atom. The van der Waals surface area contributed by atoms with Gasteiger partial charge in [0.15, 0.2) is 5.13 Å². The number of nitrogens with one attached hydrogen (secondary N) is 1. The molecule has 3 aromatic rings. The molecule has 2 amide bonds. The maximum atomic E-state index is 13.0. The van der Waals surface area contributed by atoms with Crippen molar-refractivity contribution in [1.29, 1.82) is 0 Å². The van der Waals surface area contributed by atoms with Crippen LogP contribution in [0.4, 0.5) is 5.13 Å². The van der Waals surface area contributed by atoms with Gasteiger partial charge < -0.3 is 9.64 Å². The zero-order valence-electron chi connectivity index (χ0n) is 17.1. The highest BCUT2D eigenvalue weighted by molar-refractivity contribution is 7.13. The van der Waals surface area contributed by atoms with Crippen LogP contribution in [0.2, 0.25) is 0 Å². The molecule has 8 heteroatoms. The fourth-order valence-corrected chi connectivity index (χ4v) is 4.98. The molecule has 0 spiro atoms. The minimum absolute atomic E-state index is 0.142. The van der Waals surface area contributed by atoms with E-state index in [1.165, 1.54) is 11.3 Å². The summed E-state index contributed by atoms with van der Waals surface area (Å²) in [7, 11) is 0. The second kappa shape index (κ2) is 8.72. The van der Waals surface area contributed by atoms with Gasteiger partial charge in [0.2, 0.25) is 5.91 Å². The number of pyridine rings is 1. The fraction of sp³-hybridized carbons (Fsp3) is 0.391. The van der Waals surface area contributed by atoms with Gasteiger partial charge in [-0.3, -0.25) is 14.9 Å². The average Bonchev–Trinajstić information content (AvgIpc) is 3.52. The number of ether oxygens (including phenoxy) is 1. The molecule has 1 aliphatic carbocycles. The summed E-state index contributed by atoms with van der Waals surface area (Å²) in [5, 5.41) is 6.00. The molecule has 2 fully saturated rings. The summed E-state index contributed by atoms with van der Waals surface area (Å²) in [6, 6.07) is 9.37. The van der Waals surface area contributed by atoms with E-state index in [0.717, 1.165) is 36.6 Å². The quantitative estimate of drug-likeness (QED) is 0.667. The molecule has 1 aliphatic heterocycles. The summed E-state index contributed by atoms with van der Waals surface area (Å²) in [6.07, 6.45) is 5.53. The van der Waals surface area contributed by atoms with Gasteiger partial charge in [-0.25, -0.2) is 9.97 Å². The number of morpholine rings is 1. The first-order chi connectivity index (χ1) is 15.2. The molecular weight excluding hydrogens is 412 g/mol. The lowest BCUT2D eigenvalue weighted by Gasteiger charge is -2.34. The molecule has 2 aliphatic rings. The van der Waals surface area contributed by atoms with E-state index in [-0.39, 0.29) is 23.8 Å². The third kappa shape index (κ3) is 4.18. The molecule has 2 aromatic heterocycles. The summed E-state index contributed by atoms with van der Waals surface area (Å²) in [4.78, 5) is 36.8. The van der Waals surface area contributed by atoms with Crippen LogP contribution < -0.4 is 5.32 Å². The highest BCUT2D eigenvalue weighted by Gasteiger charge is 2.32. The smallest absolute Gasteiger partial charge is 0.258 e. The van der Waals surface area contributed by atoms with Crippen molar-refractivity contribution in [2.75, 3.05) is 25.0 Å². The summed E-state index contributed by atoms with van der Waals surface area (Å²) >= 11 is 1.37. The number of anilines is 1. The van der Waals surface area contributed by atoms with E-state index in [4.69, 9.17) is 9.72 Å². The Morgan fingerprint density at radius 1 is 1.19 bits per heavy atom. The van der Waals surface area contributed by atoms with Crippen molar-refractivity contribution in [3.05, 3.63) is 53.2 Å². The number of hydrogen-bond acceptors (Lipinski definition) is 6. The number of aromatic nitrogens is 2. The van der Waals surface area contributed by atoms with Crippen LogP contribution in [-0.2, 0) is 9.53 Å². The third-order valence-electron chi connectivity index (χ3n) is 6.05. The van der Waals surface area contributed by atoms with Crippen LogP contribution in [0.1, 0.15) is 47.8 Å². The molecule has 0 unspecified atom stereocenters. The predicted molar refractivity (Wildman–Crippen MR) is 119 cm³/mol. The average molecular weight is 437 g/mol. The Morgan fingerprint density at radius 2 is 2.03 bits per heavy atom. The summed E-state index contributed by atoms with van der Waals surface area (Å²) in [5.74, 6) is 0.140. The van der Waals surface area contributed by atoms with Crippen LogP contribution in [0.5, 0.6) is 0 Å². The summed E-state index contributed by atoms with van der Waals surface area (Å²) in [5.41, 5.74) is 1.93. The summed E-state index contributed by atoms with van der Waals surface area (Å²) < 4.78 is 6.00. The van der Waals surface area contributed by atoms with E-state index >= 15 is 0 Å². The normalized spacial score (nSPS) is 19.6. The van der Waals surface area contributed by atoms with Crippen LogP contribution in [0, 0.1) is 5.92 Å². The number of amides is 2. The van der Waals surface area contributed by atoms with Crippen LogP contribution in [0.25, 0.3) is 10.9 Å². The largest absolute Gasteiger partial charge is 0.368 e. The molecule has 160 valence electrons.